The van der Waals surface area contributed by atoms with Crippen molar-refractivity contribution in [2.45, 2.75) is 63.5 Å². The molecule has 1 aliphatic rings. The van der Waals surface area contributed by atoms with E-state index in [1.807, 2.05) is 6.07 Å². The molecule has 0 bridgehead atoms. The molecule has 1 aliphatic heterocycles. The number of aliphatic carboxylic acids is 1. The largest absolute Gasteiger partial charge is 0.481 e. The highest BCUT2D eigenvalue weighted by Gasteiger charge is 2.48. The van der Waals surface area contributed by atoms with E-state index in [1.165, 1.54) is 17.7 Å². The van der Waals surface area contributed by atoms with Crippen LogP contribution < -0.4 is 10.1 Å². The van der Waals surface area contributed by atoms with Crippen LogP contribution in [-0.2, 0) is 36.5 Å². The molecule has 0 amide bonds. The fraction of sp³-hybridized carbons (Fsp3) is 0.464. The summed E-state index contributed by atoms with van der Waals surface area (Å²) >= 11 is 3.31. The average Bonchev–Trinajstić information content (AvgIpc) is 3.20. The number of hydrogen-bond acceptors (Lipinski definition) is 5. The topological polar surface area (TPSA) is 89.3 Å². The Kier molecular flexibility index (Phi) is 8.58. The van der Waals surface area contributed by atoms with Crippen molar-refractivity contribution < 1.29 is 27.8 Å². The second kappa shape index (κ2) is 11.6. The minimum absolute atomic E-state index is 0.0609. The van der Waals surface area contributed by atoms with Gasteiger partial charge in [0.05, 0.1) is 24.1 Å². The van der Waals surface area contributed by atoms with Crippen molar-refractivity contribution in [2.24, 2.45) is 7.05 Å². The van der Waals surface area contributed by atoms with Crippen LogP contribution in [0, 0.1) is 0 Å². The Bertz CT molecular complexity index is 1340. The predicted octanol–water partition coefficient (Wildman–Crippen LogP) is 6.20. The van der Waals surface area contributed by atoms with Crippen LogP contribution in [-0.4, -0.2) is 45.2 Å². The van der Waals surface area contributed by atoms with Crippen LogP contribution in [0.15, 0.2) is 40.9 Å². The third-order valence-electron chi connectivity index (χ3n) is 7.15. The first-order valence-corrected chi connectivity index (χ1v) is 13.6. The van der Waals surface area contributed by atoms with Crippen LogP contribution in [0.4, 0.5) is 19.0 Å². The maximum Gasteiger partial charge on any atom is 0.397 e. The number of pyridine rings is 1. The molecule has 1 unspecified atom stereocenters. The van der Waals surface area contributed by atoms with Crippen molar-refractivity contribution in [3.05, 3.63) is 68.9 Å². The Morgan fingerprint density at radius 1 is 1.21 bits per heavy atom. The molecular formula is C28H32BrF3N4O3. The predicted molar refractivity (Wildman–Crippen MR) is 145 cm³/mol. The Morgan fingerprint density at radius 3 is 2.69 bits per heavy atom. The maximum atomic E-state index is 13.7. The van der Waals surface area contributed by atoms with E-state index in [0.29, 0.717) is 34.6 Å². The van der Waals surface area contributed by atoms with Gasteiger partial charge in [0, 0.05) is 36.2 Å². The SMILES string of the molecule is Cn1nc(CC(CC(=O)O)c2cc(Br)cc(C(C)(C)C(F)(F)F)c2)cc1OCCc1ccc2c(n1)NCCC2. The number of halogens is 4. The van der Waals surface area contributed by atoms with Gasteiger partial charge in [-0.25, -0.2) is 9.67 Å². The van der Waals surface area contributed by atoms with Gasteiger partial charge in [0.2, 0.25) is 5.88 Å². The summed E-state index contributed by atoms with van der Waals surface area (Å²) in [4.78, 5) is 16.4. The third kappa shape index (κ3) is 6.93. The molecule has 0 fully saturated rings. The molecule has 0 saturated heterocycles. The monoisotopic (exact) mass is 608 g/mol. The summed E-state index contributed by atoms with van der Waals surface area (Å²) in [5.74, 6) is -0.183. The molecule has 1 aromatic carbocycles. The summed E-state index contributed by atoms with van der Waals surface area (Å²) < 4.78 is 49.2. The molecule has 11 heteroatoms. The lowest BCUT2D eigenvalue weighted by Gasteiger charge is -2.29. The summed E-state index contributed by atoms with van der Waals surface area (Å²) in [6.45, 7) is 3.53. The van der Waals surface area contributed by atoms with E-state index < -0.39 is 23.5 Å². The smallest absolute Gasteiger partial charge is 0.397 e. The lowest BCUT2D eigenvalue weighted by molar-refractivity contribution is -0.180. The number of carboxylic acid groups (broad SMARTS) is 1. The molecule has 0 radical (unpaired) electrons. The Labute approximate surface area is 233 Å². The molecule has 3 heterocycles. The summed E-state index contributed by atoms with van der Waals surface area (Å²) in [7, 11) is 1.73. The molecule has 39 heavy (non-hydrogen) atoms. The zero-order valence-electron chi connectivity index (χ0n) is 22.1. The van der Waals surface area contributed by atoms with Gasteiger partial charge in [-0.15, -0.1) is 0 Å². The number of fused-ring (bicyclic) bond motifs is 1. The van der Waals surface area contributed by atoms with Crippen molar-refractivity contribution >= 4 is 27.7 Å². The molecule has 0 saturated carbocycles. The normalized spacial score (nSPS) is 14.4. The number of carbonyl (C=O) groups is 1. The number of anilines is 1. The van der Waals surface area contributed by atoms with Gasteiger partial charge < -0.3 is 15.2 Å². The highest BCUT2D eigenvalue weighted by Crippen LogP contribution is 2.42. The highest BCUT2D eigenvalue weighted by molar-refractivity contribution is 9.10. The third-order valence-corrected chi connectivity index (χ3v) is 7.60. The minimum Gasteiger partial charge on any atom is -0.481 e. The number of alkyl halides is 3. The van der Waals surface area contributed by atoms with Gasteiger partial charge >= 0.3 is 12.1 Å². The van der Waals surface area contributed by atoms with Gasteiger partial charge in [-0.3, -0.25) is 4.79 Å². The lowest BCUT2D eigenvalue weighted by Crippen LogP contribution is -2.36. The maximum absolute atomic E-state index is 13.7. The molecule has 0 aliphatic carbocycles. The number of nitrogens with zero attached hydrogens (tertiary/aromatic N) is 3. The van der Waals surface area contributed by atoms with E-state index in [9.17, 15) is 23.1 Å². The van der Waals surface area contributed by atoms with Crippen molar-refractivity contribution in [1.82, 2.24) is 14.8 Å². The zero-order chi connectivity index (χ0) is 28.4. The van der Waals surface area contributed by atoms with E-state index in [2.05, 4.69) is 37.4 Å². The quantitative estimate of drug-likeness (QED) is 0.285. The van der Waals surface area contributed by atoms with Gasteiger partial charge in [-0.05, 0) is 73.9 Å². The van der Waals surface area contributed by atoms with Crippen LogP contribution in [0.5, 0.6) is 5.88 Å². The molecule has 210 valence electrons. The summed E-state index contributed by atoms with van der Waals surface area (Å²) in [5.41, 5.74) is 1.18. The summed E-state index contributed by atoms with van der Waals surface area (Å²) in [5, 5.41) is 17.4. The molecule has 2 N–H and O–H groups in total. The number of ether oxygens (including phenoxy) is 1. The van der Waals surface area contributed by atoms with Crippen LogP contribution in [0.3, 0.4) is 0 Å². The number of aryl methyl sites for hydroxylation is 2. The van der Waals surface area contributed by atoms with E-state index in [-0.39, 0.29) is 18.4 Å². The first-order valence-electron chi connectivity index (χ1n) is 12.8. The number of rotatable bonds is 10. The van der Waals surface area contributed by atoms with Crippen LogP contribution >= 0.6 is 15.9 Å². The number of carboxylic acids is 1. The molecule has 4 rings (SSSR count). The van der Waals surface area contributed by atoms with Gasteiger partial charge in [-0.1, -0.05) is 28.1 Å². The molecule has 2 aromatic heterocycles. The molecule has 0 spiro atoms. The standard InChI is InChI=1S/C28H32BrF3N4O3/c1-27(2,28(30,31)32)20-11-18(12-21(29)15-20)19(14-25(37)38)13-23-16-24(36(3)35-23)39-10-8-22-7-6-17-5-4-9-33-26(17)34-22/h6-7,11-12,15-16,19H,4-5,8-10,13-14H2,1-3H3,(H,33,34)(H,37,38). The lowest BCUT2D eigenvalue weighted by atomic mass is 9.81. The minimum atomic E-state index is -4.47. The number of nitrogens with one attached hydrogen (secondary N) is 1. The highest BCUT2D eigenvalue weighted by atomic mass is 79.9. The molecule has 1 atom stereocenters. The summed E-state index contributed by atoms with van der Waals surface area (Å²) in [6, 6.07) is 10.4. The Balaban J connectivity index is 1.48. The van der Waals surface area contributed by atoms with E-state index in [0.717, 1.165) is 44.7 Å². The first kappa shape index (κ1) is 28.9. The number of benzene rings is 1. The van der Waals surface area contributed by atoms with Crippen LogP contribution in [0.25, 0.3) is 0 Å². The van der Waals surface area contributed by atoms with E-state index in [1.54, 1.807) is 23.9 Å². The first-order chi connectivity index (χ1) is 18.3. The van der Waals surface area contributed by atoms with Gasteiger partial charge in [-0.2, -0.15) is 18.3 Å². The van der Waals surface area contributed by atoms with Crippen LogP contribution in [0.1, 0.15) is 60.7 Å². The van der Waals surface area contributed by atoms with Gasteiger partial charge in [0.25, 0.3) is 0 Å². The fourth-order valence-corrected chi connectivity index (χ4v) is 5.16. The Hall–Kier alpha value is -3.08. The van der Waals surface area contributed by atoms with E-state index in [4.69, 9.17) is 4.74 Å². The van der Waals surface area contributed by atoms with Gasteiger partial charge in [0.1, 0.15) is 5.82 Å². The second-order valence-electron chi connectivity index (χ2n) is 10.4. The fourth-order valence-electron chi connectivity index (χ4n) is 4.65. The van der Waals surface area contributed by atoms with Crippen LogP contribution in [0.2, 0.25) is 0 Å². The second-order valence-corrected chi connectivity index (χ2v) is 11.3. The zero-order valence-corrected chi connectivity index (χ0v) is 23.7. The van der Waals surface area contributed by atoms with Crippen molar-refractivity contribution in [3.8, 4) is 5.88 Å². The summed E-state index contributed by atoms with van der Waals surface area (Å²) in [6.07, 6.45) is -1.77. The molecular weight excluding hydrogens is 577 g/mol. The number of aromatic nitrogens is 3. The van der Waals surface area contributed by atoms with E-state index >= 15 is 0 Å². The number of hydrogen-bond donors (Lipinski definition) is 2. The van der Waals surface area contributed by atoms with Crippen molar-refractivity contribution in [1.29, 1.82) is 0 Å². The van der Waals surface area contributed by atoms with Crippen molar-refractivity contribution in [2.75, 3.05) is 18.5 Å². The van der Waals surface area contributed by atoms with Crippen molar-refractivity contribution in [3.63, 3.8) is 0 Å². The molecule has 3 aromatic rings. The average molecular weight is 609 g/mol. The van der Waals surface area contributed by atoms with Gasteiger partial charge in [0.15, 0.2) is 0 Å². The molecule has 7 nitrogen and oxygen atoms in total. The Morgan fingerprint density at radius 2 is 1.97 bits per heavy atom.